The van der Waals surface area contributed by atoms with E-state index < -0.39 is 0 Å². The number of anilines is 1. The highest BCUT2D eigenvalue weighted by molar-refractivity contribution is 7.22. The number of thiazole rings is 1. The van der Waals surface area contributed by atoms with E-state index >= 15 is 0 Å². The van der Waals surface area contributed by atoms with Gasteiger partial charge in [0.15, 0.2) is 5.13 Å². The Morgan fingerprint density at radius 1 is 1.33 bits per heavy atom. The van der Waals surface area contributed by atoms with Gasteiger partial charge in [-0.15, -0.1) is 11.3 Å². The van der Waals surface area contributed by atoms with Crippen LogP contribution in [0, 0.1) is 0 Å². The molecule has 0 radical (unpaired) electrons. The van der Waals surface area contributed by atoms with Crippen molar-refractivity contribution in [1.29, 1.82) is 0 Å². The van der Waals surface area contributed by atoms with Crippen LogP contribution in [0.4, 0.5) is 5.13 Å². The lowest BCUT2D eigenvalue weighted by Gasteiger charge is -1.98. The normalized spacial score (nSPS) is 10.8. The molecule has 2 heterocycles. The first kappa shape index (κ1) is 14.3. The molecule has 0 unspecified atom stereocenters. The number of benzene rings is 1. The molecule has 1 N–H and O–H groups in total. The maximum absolute atomic E-state index is 12.0. The fourth-order valence-corrected chi connectivity index (χ4v) is 3.85. The molecule has 0 saturated heterocycles. The second kappa shape index (κ2) is 6.01. The van der Waals surface area contributed by atoms with Gasteiger partial charge >= 0.3 is 0 Å². The Kier molecular flexibility index (Phi) is 4.10. The van der Waals surface area contributed by atoms with Gasteiger partial charge in [-0.2, -0.15) is 0 Å². The number of methoxy groups -OCH3 is 1. The molecular formula is C14H11ClN2O2S2. The molecule has 0 bridgehead atoms. The second-order valence-electron chi connectivity index (χ2n) is 4.28. The number of nitrogens with zero attached hydrogens (tertiary/aromatic N) is 1. The lowest BCUT2D eigenvalue weighted by molar-refractivity contribution is -0.115. The highest BCUT2D eigenvalue weighted by Crippen LogP contribution is 2.29. The van der Waals surface area contributed by atoms with Crippen LogP contribution in [0.5, 0.6) is 5.75 Å². The van der Waals surface area contributed by atoms with Gasteiger partial charge in [-0.3, -0.25) is 4.79 Å². The molecule has 0 aliphatic carbocycles. The molecule has 1 aromatic carbocycles. The van der Waals surface area contributed by atoms with Gasteiger partial charge in [-0.05, 0) is 30.3 Å². The number of thiophene rings is 1. The van der Waals surface area contributed by atoms with Crippen molar-refractivity contribution in [2.45, 2.75) is 6.42 Å². The van der Waals surface area contributed by atoms with Gasteiger partial charge in [0.25, 0.3) is 0 Å². The van der Waals surface area contributed by atoms with Gasteiger partial charge in [-0.25, -0.2) is 4.98 Å². The number of rotatable bonds is 4. The van der Waals surface area contributed by atoms with Crippen molar-refractivity contribution < 1.29 is 9.53 Å². The van der Waals surface area contributed by atoms with Crippen LogP contribution in [0.3, 0.4) is 0 Å². The van der Waals surface area contributed by atoms with Gasteiger partial charge in [0, 0.05) is 4.88 Å². The predicted molar refractivity (Wildman–Crippen MR) is 87.8 cm³/mol. The Morgan fingerprint density at radius 3 is 2.90 bits per heavy atom. The molecule has 7 heteroatoms. The van der Waals surface area contributed by atoms with Crippen molar-refractivity contribution in [3.05, 3.63) is 39.5 Å². The van der Waals surface area contributed by atoms with E-state index in [1.54, 1.807) is 13.2 Å². The molecular weight excluding hydrogens is 328 g/mol. The summed E-state index contributed by atoms with van der Waals surface area (Å²) >= 11 is 8.68. The van der Waals surface area contributed by atoms with E-state index in [9.17, 15) is 4.79 Å². The summed E-state index contributed by atoms with van der Waals surface area (Å²) < 4.78 is 6.84. The smallest absolute Gasteiger partial charge is 0.231 e. The fourth-order valence-electron chi connectivity index (χ4n) is 1.85. The molecule has 108 valence electrons. The SMILES string of the molecule is COc1ccc2nc(NC(=O)Cc3ccc(Cl)s3)sc2c1. The van der Waals surface area contributed by atoms with Crippen LogP contribution < -0.4 is 10.1 Å². The molecule has 0 saturated carbocycles. The number of carbonyl (C=O) groups is 1. The third kappa shape index (κ3) is 3.34. The molecule has 21 heavy (non-hydrogen) atoms. The largest absolute Gasteiger partial charge is 0.497 e. The van der Waals surface area contributed by atoms with E-state index in [0.717, 1.165) is 20.8 Å². The molecule has 0 spiro atoms. The van der Waals surface area contributed by atoms with Gasteiger partial charge in [0.1, 0.15) is 5.75 Å². The average Bonchev–Trinajstić information content (AvgIpc) is 3.03. The van der Waals surface area contributed by atoms with Crippen LogP contribution in [0.15, 0.2) is 30.3 Å². The van der Waals surface area contributed by atoms with Crippen molar-refractivity contribution in [2.75, 3.05) is 12.4 Å². The molecule has 0 aliphatic rings. The van der Waals surface area contributed by atoms with Crippen molar-refractivity contribution in [2.24, 2.45) is 0 Å². The summed E-state index contributed by atoms with van der Waals surface area (Å²) in [6, 6.07) is 9.27. The topological polar surface area (TPSA) is 51.2 Å². The van der Waals surface area contributed by atoms with Crippen molar-refractivity contribution in [1.82, 2.24) is 4.98 Å². The maximum atomic E-state index is 12.0. The Labute approximate surface area is 134 Å². The van der Waals surface area contributed by atoms with Crippen LogP contribution in [-0.2, 0) is 11.2 Å². The molecule has 1 amide bonds. The van der Waals surface area contributed by atoms with E-state index in [1.807, 2.05) is 24.3 Å². The lowest BCUT2D eigenvalue weighted by Crippen LogP contribution is -2.13. The molecule has 3 aromatic rings. The van der Waals surface area contributed by atoms with E-state index in [2.05, 4.69) is 10.3 Å². The van der Waals surface area contributed by atoms with Crippen LogP contribution in [0.25, 0.3) is 10.2 Å². The van der Waals surface area contributed by atoms with E-state index in [-0.39, 0.29) is 5.91 Å². The number of fused-ring (bicyclic) bond motifs is 1. The van der Waals surface area contributed by atoms with Crippen molar-refractivity contribution >= 4 is 55.5 Å². The first-order valence-corrected chi connectivity index (χ1v) is 8.14. The van der Waals surface area contributed by atoms with Gasteiger partial charge < -0.3 is 10.1 Å². The van der Waals surface area contributed by atoms with Crippen LogP contribution >= 0.6 is 34.3 Å². The number of ether oxygens (including phenoxy) is 1. The minimum absolute atomic E-state index is 0.0977. The van der Waals surface area contributed by atoms with Gasteiger partial charge in [0.05, 0.1) is 28.1 Å². The molecule has 2 aromatic heterocycles. The zero-order valence-corrected chi connectivity index (χ0v) is 13.4. The summed E-state index contributed by atoms with van der Waals surface area (Å²) in [6.07, 6.45) is 0.302. The zero-order valence-electron chi connectivity index (χ0n) is 11.1. The molecule has 0 fully saturated rings. The fraction of sp³-hybridized carbons (Fsp3) is 0.143. The summed E-state index contributed by atoms with van der Waals surface area (Å²) in [7, 11) is 1.62. The van der Waals surface area contributed by atoms with Gasteiger partial charge in [0.2, 0.25) is 5.91 Å². The summed E-state index contributed by atoms with van der Waals surface area (Å²) in [5.41, 5.74) is 0.843. The summed E-state index contributed by atoms with van der Waals surface area (Å²) in [6.45, 7) is 0. The average molecular weight is 339 g/mol. The molecule has 3 rings (SSSR count). The third-order valence-corrected chi connectivity index (χ3v) is 4.97. The van der Waals surface area contributed by atoms with Gasteiger partial charge in [-0.1, -0.05) is 22.9 Å². The molecule has 0 aliphatic heterocycles. The zero-order chi connectivity index (χ0) is 14.8. The minimum Gasteiger partial charge on any atom is -0.497 e. The van der Waals surface area contributed by atoms with Crippen molar-refractivity contribution in [3.63, 3.8) is 0 Å². The van der Waals surface area contributed by atoms with Crippen LogP contribution in [0.2, 0.25) is 4.34 Å². The number of hydrogen-bond donors (Lipinski definition) is 1. The standard InChI is InChI=1S/C14H11ClN2O2S2/c1-19-8-2-4-10-11(6-8)21-14(16-10)17-13(18)7-9-3-5-12(15)20-9/h2-6H,7H2,1H3,(H,16,17,18). The summed E-state index contributed by atoms with van der Waals surface area (Å²) in [5, 5.41) is 3.41. The van der Waals surface area contributed by atoms with Crippen LogP contribution in [-0.4, -0.2) is 18.0 Å². The van der Waals surface area contributed by atoms with E-state index in [1.165, 1.54) is 22.7 Å². The first-order valence-electron chi connectivity index (χ1n) is 6.13. The van der Waals surface area contributed by atoms with E-state index in [0.29, 0.717) is 15.9 Å². The second-order valence-corrected chi connectivity index (χ2v) is 7.11. The Bertz CT molecular complexity index is 797. The number of halogens is 1. The summed E-state index contributed by atoms with van der Waals surface area (Å²) in [5.74, 6) is 0.678. The number of aromatic nitrogens is 1. The Balaban J connectivity index is 1.73. The van der Waals surface area contributed by atoms with Crippen molar-refractivity contribution in [3.8, 4) is 5.75 Å². The third-order valence-electron chi connectivity index (χ3n) is 2.81. The quantitative estimate of drug-likeness (QED) is 0.775. The summed E-state index contributed by atoms with van der Waals surface area (Å²) in [4.78, 5) is 17.3. The number of hydrogen-bond acceptors (Lipinski definition) is 5. The lowest BCUT2D eigenvalue weighted by atomic mass is 10.3. The number of carbonyl (C=O) groups excluding carboxylic acids is 1. The monoisotopic (exact) mass is 338 g/mol. The number of amides is 1. The first-order chi connectivity index (χ1) is 10.1. The highest BCUT2D eigenvalue weighted by Gasteiger charge is 2.10. The molecule has 4 nitrogen and oxygen atoms in total. The number of nitrogens with one attached hydrogen (secondary N) is 1. The van der Waals surface area contributed by atoms with Crippen LogP contribution in [0.1, 0.15) is 4.88 Å². The Hall–Kier alpha value is -1.63. The maximum Gasteiger partial charge on any atom is 0.231 e. The molecule has 0 atom stereocenters. The van der Waals surface area contributed by atoms with E-state index in [4.69, 9.17) is 16.3 Å². The minimum atomic E-state index is -0.0977. The Morgan fingerprint density at radius 2 is 2.19 bits per heavy atom. The highest BCUT2D eigenvalue weighted by atomic mass is 35.5. The predicted octanol–water partition coefficient (Wildman–Crippen LogP) is 4.20.